The first kappa shape index (κ1) is 21.0. The van der Waals surface area contributed by atoms with E-state index in [9.17, 15) is 19.2 Å². The van der Waals surface area contributed by atoms with E-state index < -0.39 is 0 Å². The zero-order valence-electron chi connectivity index (χ0n) is 17.4. The number of hydrogen-bond donors (Lipinski definition) is 1. The van der Waals surface area contributed by atoms with Gasteiger partial charge in [0.2, 0.25) is 5.91 Å². The molecule has 0 radical (unpaired) electrons. The second-order valence-corrected chi connectivity index (χ2v) is 8.26. The predicted octanol–water partition coefficient (Wildman–Crippen LogP) is 2.46. The maximum Gasteiger partial charge on any atom is 0.261 e. The topological polar surface area (TPSA) is 86.8 Å². The zero-order valence-corrected chi connectivity index (χ0v) is 17.4. The van der Waals surface area contributed by atoms with Crippen molar-refractivity contribution in [1.29, 1.82) is 0 Å². The van der Waals surface area contributed by atoms with Gasteiger partial charge in [0.25, 0.3) is 17.7 Å². The normalized spacial score (nSPS) is 17.1. The molecule has 0 atom stereocenters. The molecular formula is C22H29N3O4. The summed E-state index contributed by atoms with van der Waals surface area (Å²) in [5.41, 5.74) is 1.09. The maximum absolute atomic E-state index is 12.9. The highest BCUT2D eigenvalue weighted by molar-refractivity contribution is 6.22. The van der Waals surface area contributed by atoms with Crippen molar-refractivity contribution >= 4 is 23.6 Å². The minimum Gasteiger partial charge on any atom is -0.353 e. The Balaban J connectivity index is 1.65. The lowest BCUT2D eigenvalue weighted by Gasteiger charge is -2.32. The molecule has 1 saturated heterocycles. The Bertz CT molecular complexity index is 825. The molecule has 156 valence electrons. The molecule has 0 bridgehead atoms. The molecule has 0 spiro atoms. The molecule has 1 aromatic carbocycles. The molecule has 3 rings (SSSR count). The molecule has 1 aromatic rings. The number of likely N-dealkylation sites (tertiary alicyclic amines) is 1. The van der Waals surface area contributed by atoms with Crippen molar-refractivity contribution in [2.75, 3.05) is 19.6 Å². The number of imide groups is 1. The van der Waals surface area contributed by atoms with Gasteiger partial charge in [-0.05, 0) is 43.4 Å². The smallest absolute Gasteiger partial charge is 0.261 e. The van der Waals surface area contributed by atoms with Crippen LogP contribution in [0.5, 0.6) is 0 Å². The van der Waals surface area contributed by atoms with Crippen LogP contribution in [0.4, 0.5) is 0 Å². The van der Waals surface area contributed by atoms with Gasteiger partial charge in [0.05, 0.1) is 11.1 Å². The molecule has 0 aliphatic carbocycles. The maximum atomic E-state index is 12.9. The van der Waals surface area contributed by atoms with E-state index in [1.165, 1.54) is 4.90 Å². The number of piperidine rings is 1. The van der Waals surface area contributed by atoms with Crippen molar-refractivity contribution in [2.24, 2.45) is 5.92 Å². The van der Waals surface area contributed by atoms with Crippen LogP contribution >= 0.6 is 0 Å². The van der Waals surface area contributed by atoms with Gasteiger partial charge < -0.3 is 10.2 Å². The molecule has 1 fully saturated rings. The number of rotatable bonds is 6. The van der Waals surface area contributed by atoms with Crippen molar-refractivity contribution in [2.45, 2.75) is 52.5 Å². The summed E-state index contributed by atoms with van der Waals surface area (Å²) in [4.78, 5) is 52.8. The van der Waals surface area contributed by atoms with E-state index in [0.29, 0.717) is 55.6 Å². The van der Waals surface area contributed by atoms with Crippen molar-refractivity contribution < 1.29 is 19.2 Å². The van der Waals surface area contributed by atoms with E-state index in [-0.39, 0.29) is 35.6 Å². The molecule has 0 aromatic heterocycles. The fourth-order valence-electron chi connectivity index (χ4n) is 3.89. The molecular weight excluding hydrogens is 370 g/mol. The number of amides is 4. The molecule has 7 heteroatoms. The minimum absolute atomic E-state index is 0.0602. The number of fused-ring (bicyclic) bond motifs is 1. The Kier molecular flexibility index (Phi) is 6.35. The highest BCUT2D eigenvalue weighted by atomic mass is 16.2. The van der Waals surface area contributed by atoms with E-state index in [1.807, 2.05) is 20.8 Å². The largest absolute Gasteiger partial charge is 0.353 e. The molecule has 2 aliphatic heterocycles. The Morgan fingerprint density at radius 3 is 2.38 bits per heavy atom. The number of benzene rings is 1. The van der Waals surface area contributed by atoms with Crippen molar-refractivity contribution in [3.63, 3.8) is 0 Å². The summed E-state index contributed by atoms with van der Waals surface area (Å²) in [5, 5.41) is 3.02. The third kappa shape index (κ3) is 4.49. The summed E-state index contributed by atoms with van der Waals surface area (Å²) in [6.07, 6.45) is 2.77. The van der Waals surface area contributed by atoms with Crippen LogP contribution in [0.2, 0.25) is 0 Å². The molecule has 2 aliphatic rings. The Labute approximate surface area is 171 Å². The monoisotopic (exact) mass is 399 g/mol. The fraction of sp³-hybridized carbons (Fsp3) is 0.545. The van der Waals surface area contributed by atoms with Crippen LogP contribution in [-0.2, 0) is 4.79 Å². The molecule has 0 saturated carbocycles. The van der Waals surface area contributed by atoms with E-state index in [4.69, 9.17) is 0 Å². The second kappa shape index (κ2) is 8.76. The van der Waals surface area contributed by atoms with Crippen LogP contribution in [0.25, 0.3) is 0 Å². The van der Waals surface area contributed by atoms with Gasteiger partial charge in [-0.3, -0.25) is 24.1 Å². The van der Waals surface area contributed by atoms with Crippen LogP contribution in [0, 0.1) is 5.92 Å². The lowest BCUT2D eigenvalue weighted by atomic mass is 10.0. The average molecular weight is 399 g/mol. The highest BCUT2D eigenvalue weighted by Crippen LogP contribution is 2.26. The summed E-state index contributed by atoms with van der Waals surface area (Å²) in [5.74, 6) is -0.525. The van der Waals surface area contributed by atoms with Gasteiger partial charge in [0.15, 0.2) is 0 Å². The molecule has 2 heterocycles. The van der Waals surface area contributed by atoms with Crippen LogP contribution in [0.3, 0.4) is 0 Å². The van der Waals surface area contributed by atoms with Crippen LogP contribution in [0.15, 0.2) is 18.2 Å². The third-order valence-corrected chi connectivity index (χ3v) is 5.39. The Morgan fingerprint density at radius 2 is 1.76 bits per heavy atom. The second-order valence-electron chi connectivity index (χ2n) is 8.26. The van der Waals surface area contributed by atoms with E-state index in [2.05, 4.69) is 5.32 Å². The SMILES string of the molecule is CCCC(=O)NC1CCN(C(=O)c2ccc3c(c2)C(=O)N(CC(C)C)C3=O)CC1. The number of hydrogen-bond acceptors (Lipinski definition) is 4. The molecule has 1 N–H and O–H groups in total. The van der Waals surface area contributed by atoms with E-state index in [0.717, 1.165) is 6.42 Å². The van der Waals surface area contributed by atoms with Gasteiger partial charge in [0, 0.05) is 37.7 Å². The molecule has 4 amide bonds. The van der Waals surface area contributed by atoms with Crippen molar-refractivity contribution in [3.05, 3.63) is 34.9 Å². The zero-order chi connectivity index (χ0) is 21.1. The van der Waals surface area contributed by atoms with Crippen molar-refractivity contribution in [1.82, 2.24) is 15.1 Å². The number of carbonyl (C=O) groups excluding carboxylic acids is 4. The van der Waals surface area contributed by atoms with E-state index >= 15 is 0 Å². The highest BCUT2D eigenvalue weighted by Gasteiger charge is 2.36. The lowest BCUT2D eigenvalue weighted by molar-refractivity contribution is -0.122. The molecule has 7 nitrogen and oxygen atoms in total. The minimum atomic E-state index is -0.328. The lowest BCUT2D eigenvalue weighted by Crippen LogP contribution is -2.46. The van der Waals surface area contributed by atoms with Gasteiger partial charge in [-0.2, -0.15) is 0 Å². The van der Waals surface area contributed by atoms with Crippen LogP contribution in [0.1, 0.15) is 77.5 Å². The standard InChI is InChI=1S/C22H29N3O4/c1-4-5-19(26)23-16-8-10-24(11-9-16)20(27)15-6-7-17-18(12-15)22(29)25(21(17)28)13-14(2)3/h6-7,12,14,16H,4-5,8-11,13H2,1-3H3,(H,23,26). The quantitative estimate of drug-likeness (QED) is 0.745. The number of nitrogens with one attached hydrogen (secondary N) is 1. The van der Waals surface area contributed by atoms with Gasteiger partial charge in [-0.25, -0.2) is 0 Å². The first-order chi connectivity index (χ1) is 13.8. The summed E-state index contributed by atoms with van der Waals surface area (Å²) >= 11 is 0. The fourth-order valence-corrected chi connectivity index (χ4v) is 3.89. The van der Waals surface area contributed by atoms with Gasteiger partial charge in [0.1, 0.15) is 0 Å². The van der Waals surface area contributed by atoms with Gasteiger partial charge in [-0.1, -0.05) is 20.8 Å². The third-order valence-electron chi connectivity index (χ3n) is 5.39. The summed E-state index contributed by atoms with van der Waals surface area (Å²) in [6, 6.07) is 4.86. The Morgan fingerprint density at radius 1 is 1.10 bits per heavy atom. The number of carbonyl (C=O) groups is 4. The summed E-state index contributed by atoms with van der Waals surface area (Å²) in [7, 11) is 0. The molecule has 29 heavy (non-hydrogen) atoms. The average Bonchev–Trinajstić information content (AvgIpc) is 2.92. The summed E-state index contributed by atoms with van der Waals surface area (Å²) < 4.78 is 0. The van der Waals surface area contributed by atoms with Gasteiger partial charge >= 0.3 is 0 Å². The predicted molar refractivity (Wildman–Crippen MR) is 109 cm³/mol. The van der Waals surface area contributed by atoms with Crippen molar-refractivity contribution in [3.8, 4) is 0 Å². The first-order valence-electron chi connectivity index (χ1n) is 10.4. The van der Waals surface area contributed by atoms with E-state index in [1.54, 1.807) is 23.1 Å². The molecule has 0 unspecified atom stereocenters. The summed E-state index contributed by atoms with van der Waals surface area (Å²) in [6.45, 7) is 7.35. The van der Waals surface area contributed by atoms with Crippen LogP contribution in [-0.4, -0.2) is 59.1 Å². The first-order valence-corrected chi connectivity index (χ1v) is 10.4. The van der Waals surface area contributed by atoms with Crippen LogP contribution < -0.4 is 5.32 Å². The Hall–Kier alpha value is -2.70. The van der Waals surface area contributed by atoms with Gasteiger partial charge in [-0.15, -0.1) is 0 Å². The number of nitrogens with zero attached hydrogens (tertiary/aromatic N) is 2.